The third-order valence-electron chi connectivity index (χ3n) is 2.59. The van der Waals surface area contributed by atoms with Gasteiger partial charge in [0.1, 0.15) is 5.15 Å². The monoisotopic (exact) mass is 290 g/mol. The first-order valence-electron chi connectivity index (χ1n) is 5.40. The number of rotatable bonds is 2. The van der Waals surface area contributed by atoms with E-state index in [1.807, 2.05) is 6.07 Å². The van der Waals surface area contributed by atoms with Crippen molar-refractivity contribution in [1.29, 1.82) is 5.26 Å². The molecule has 0 saturated heterocycles. The molecule has 0 saturated carbocycles. The Balaban J connectivity index is 2.68. The van der Waals surface area contributed by atoms with Crippen molar-refractivity contribution >= 4 is 28.4 Å². The minimum absolute atomic E-state index is 0.280. The van der Waals surface area contributed by atoms with Crippen LogP contribution in [0.3, 0.4) is 0 Å². The standard InChI is InChI=1S/C14H8Cl2N2O/c1-8-4-10(6-13(15)18-8)11-3-2-9(7-17)5-12(11)14(16)19/h2-6H,1H3. The molecule has 1 aromatic carbocycles. The van der Waals surface area contributed by atoms with Crippen molar-refractivity contribution < 1.29 is 4.79 Å². The molecule has 0 unspecified atom stereocenters. The van der Waals surface area contributed by atoms with Crippen molar-refractivity contribution in [2.45, 2.75) is 6.92 Å². The van der Waals surface area contributed by atoms with Gasteiger partial charge >= 0.3 is 0 Å². The maximum Gasteiger partial charge on any atom is 0.253 e. The smallest absolute Gasteiger partial charge is 0.253 e. The molecule has 0 fully saturated rings. The maximum atomic E-state index is 11.5. The summed E-state index contributed by atoms with van der Waals surface area (Å²) in [7, 11) is 0. The highest BCUT2D eigenvalue weighted by molar-refractivity contribution is 6.68. The van der Waals surface area contributed by atoms with Crippen LogP contribution in [0.15, 0.2) is 30.3 Å². The summed E-state index contributed by atoms with van der Waals surface area (Å²) in [5, 5.41) is 8.58. The van der Waals surface area contributed by atoms with Crippen LogP contribution in [0, 0.1) is 18.3 Å². The fourth-order valence-electron chi connectivity index (χ4n) is 1.81. The molecule has 3 nitrogen and oxygen atoms in total. The Labute approximate surface area is 120 Å². The second kappa shape index (κ2) is 5.40. The van der Waals surface area contributed by atoms with Gasteiger partial charge in [-0.05, 0) is 53.9 Å². The molecule has 2 rings (SSSR count). The SMILES string of the molecule is Cc1cc(-c2ccc(C#N)cc2C(=O)Cl)cc(Cl)n1. The van der Waals surface area contributed by atoms with Gasteiger partial charge in [0, 0.05) is 11.3 Å². The molecule has 0 radical (unpaired) electrons. The number of carbonyl (C=O) groups excluding carboxylic acids is 1. The van der Waals surface area contributed by atoms with Crippen LogP contribution < -0.4 is 0 Å². The predicted octanol–water partition coefficient (Wildman–Crippen LogP) is 3.96. The Hall–Kier alpha value is -1.89. The summed E-state index contributed by atoms with van der Waals surface area (Å²) in [6.45, 7) is 1.81. The summed E-state index contributed by atoms with van der Waals surface area (Å²) in [5.74, 6) is 0. The minimum atomic E-state index is -0.613. The average molecular weight is 291 g/mol. The molecule has 0 N–H and O–H groups in total. The van der Waals surface area contributed by atoms with Crippen LogP contribution >= 0.6 is 23.2 Å². The van der Waals surface area contributed by atoms with Crippen molar-refractivity contribution in [1.82, 2.24) is 4.98 Å². The Morgan fingerprint density at radius 3 is 2.63 bits per heavy atom. The van der Waals surface area contributed by atoms with Crippen LogP contribution in [0.25, 0.3) is 11.1 Å². The van der Waals surface area contributed by atoms with Crippen LogP contribution in [-0.2, 0) is 0 Å². The fraction of sp³-hybridized carbons (Fsp3) is 0.0714. The summed E-state index contributed by atoms with van der Waals surface area (Å²) < 4.78 is 0. The van der Waals surface area contributed by atoms with Gasteiger partial charge in [-0.15, -0.1) is 0 Å². The van der Waals surface area contributed by atoms with Gasteiger partial charge in [0.05, 0.1) is 11.6 Å². The van der Waals surface area contributed by atoms with E-state index in [-0.39, 0.29) is 5.56 Å². The molecule has 1 aromatic heterocycles. The number of aryl methyl sites for hydroxylation is 1. The number of benzene rings is 1. The van der Waals surface area contributed by atoms with Crippen molar-refractivity contribution in [2.24, 2.45) is 0 Å². The summed E-state index contributed by atoms with van der Waals surface area (Å²) in [6.07, 6.45) is 0. The van der Waals surface area contributed by atoms with Crippen LogP contribution in [0.4, 0.5) is 0 Å². The van der Waals surface area contributed by atoms with Crippen molar-refractivity contribution in [3.8, 4) is 17.2 Å². The van der Waals surface area contributed by atoms with E-state index in [0.29, 0.717) is 16.3 Å². The zero-order valence-corrected chi connectivity index (χ0v) is 11.5. The summed E-state index contributed by atoms with van der Waals surface area (Å²) in [4.78, 5) is 15.5. The van der Waals surface area contributed by atoms with E-state index in [0.717, 1.165) is 11.3 Å². The normalized spacial score (nSPS) is 10.0. The molecule has 2 aromatic rings. The predicted molar refractivity (Wildman–Crippen MR) is 74.3 cm³/mol. The van der Waals surface area contributed by atoms with Crippen molar-refractivity contribution in [3.05, 3.63) is 52.3 Å². The highest BCUT2D eigenvalue weighted by Crippen LogP contribution is 2.28. The van der Waals surface area contributed by atoms with Gasteiger partial charge in [-0.1, -0.05) is 17.7 Å². The molecule has 1 heterocycles. The van der Waals surface area contributed by atoms with E-state index >= 15 is 0 Å². The minimum Gasteiger partial charge on any atom is -0.276 e. The molecule has 0 aliphatic rings. The molecule has 19 heavy (non-hydrogen) atoms. The number of nitrogens with zero attached hydrogens (tertiary/aromatic N) is 2. The summed E-state index contributed by atoms with van der Waals surface area (Å²) in [6, 6.07) is 10.2. The number of pyridine rings is 1. The number of carbonyl (C=O) groups is 1. The molecular weight excluding hydrogens is 283 g/mol. The highest BCUT2D eigenvalue weighted by Gasteiger charge is 2.13. The van der Waals surface area contributed by atoms with Crippen LogP contribution in [-0.4, -0.2) is 10.2 Å². The third-order valence-corrected chi connectivity index (χ3v) is 2.99. The second-order valence-electron chi connectivity index (χ2n) is 3.97. The number of hydrogen-bond acceptors (Lipinski definition) is 3. The van der Waals surface area contributed by atoms with Crippen molar-refractivity contribution in [2.75, 3.05) is 0 Å². The van der Waals surface area contributed by atoms with Gasteiger partial charge in [0.2, 0.25) is 0 Å². The molecule has 0 amide bonds. The van der Waals surface area contributed by atoms with E-state index in [4.69, 9.17) is 28.5 Å². The number of halogens is 2. The zero-order valence-electron chi connectivity index (χ0n) is 9.95. The Bertz CT molecular complexity index is 685. The maximum absolute atomic E-state index is 11.5. The molecule has 0 spiro atoms. The molecule has 5 heteroatoms. The van der Waals surface area contributed by atoms with Gasteiger partial charge < -0.3 is 0 Å². The molecule has 94 valence electrons. The lowest BCUT2D eigenvalue weighted by atomic mass is 9.98. The van der Waals surface area contributed by atoms with Gasteiger partial charge in [-0.3, -0.25) is 4.79 Å². The Morgan fingerprint density at radius 1 is 1.32 bits per heavy atom. The number of nitriles is 1. The third kappa shape index (κ3) is 2.93. The average Bonchev–Trinajstić information content (AvgIpc) is 2.36. The van der Waals surface area contributed by atoms with Crippen molar-refractivity contribution in [3.63, 3.8) is 0 Å². The van der Waals surface area contributed by atoms with E-state index in [1.165, 1.54) is 6.07 Å². The largest absolute Gasteiger partial charge is 0.276 e. The first-order valence-corrected chi connectivity index (χ1v) is 6.15. The lowest BCUT2D eigenvalue weighted by Crippen LogP contribution is -1.96. The molecular formula is C14H8Cl2N2O. The molecule has 0 aliphatic carbocycles. The Kier molecular flexibility index (Phi) is 3.84. The van der Waals surface area contributed by atoms with Crippen LogP contribution in [0.5, 0.6) is 0 Å². The van der Waals surface area contributed by atoms with Gasteiger partial charge in [0.25, 0.3) is 5.24 Å². The van der Waals surface area contributed by atoms with Gasteiger partial charge in [-0.25, -0.2) is 4.98 Å². The first-order chi connectivity index (χ1) is 9.01. The molecule has 0 bridgehead atoms. The molecule has 0 atom stereocenters. The van der Waals surface area contributed by atoms with Crippen LogP contribution in [0.1, 0.15) is 21.6 Å². The van der Waals surface area contributed by atoms with E-state index in [2.05, 4.69) is 4.98 Å². The first kappa shape index (κ1) is 13.5. The number of hydrogen-bond donors (Lipinski definition) is 0. The summed E-state index contributed by atoms with van der Waals surface area (Å²) >= 11 is 11.5. The quantitative estimate of drug-likeness (QED) is 0.621. The highest BCUT2D eigenvalue weighted by atomic mass is 35.5. The van der Waals surface area contributed by atoms with Crippen LogP contribution in [0.2, 0.25) is 5.15 Å². The van der Waals surface area contributed by atoms with Gasteiger partial charge in [-0.2, -0.15) is 5.26 Å². The second-order valence-corrected chi connectivity index (χ2v) is 4.70. The van der Waals surface area contributed by atoms with E-state index in [9.17, 15) is 4.79 Å². The lowest BCUT2D eigenvalue weighted by molar-refractivity contribution is 0.108. The Morgan fingerprint density at radius 2 is 2.05 bits per heavy atom. The summed E-state index contributed by atoms with van der Waals surface area (Å²) in [5.41, 5.74) is 2.77. The lowest BCUT2D eigenvalue weighted by Gasteiger charge is -2.08. The zero-order chi connectivity index (χ0) is 14.0. The fourth-order valence-corrected chi connectivity index (χ4v) is 2.22. The number of aromatic nitrogens is 1. The molecule has 0 aliphatic heterocycles. The topological polar surface area (TPSA) is 53.8 Å². The van der Waals surface area contributed by atoms with E-state index < -0.39 is 5.24 Å². The van der Waals surface area contributed by atoms with Gasteiger partial charge in [0.15, 0.2) is 0 Å². The van der Waals surface area contributed by atoms with E-state index in [1.54, 1.807) is 31.2 Å².